The average molecular weight is 422 g/mol. The van der Waals surface area contributed by atoms with Crippen LogP contribution >= 0.6 is 11.6 Å². The van der Waals surface area contributed by atoms with E-state index < -0.39 is 6.17 Å². The third-order valence-electron chi connectivity index (χ3n) is 6.02. The maximum atomic E-state index is 14.0. The Morgan fingerprint density at radius 1 is 1.45 bits per heavy atom. The zero-order valence-corrected chi connectivity index (χ0v) is 17.3. The highest BCUT2D eigenvalue weighted by Crippen LogP contribution is 2.40. The number of alkyl halides is 1. The Labute approximate surface area is 174 Å². The summed E-state index contributed by atoms with van der Waals surface area (Å²) in [6.07, 6.45) is 3.28. The first-order valence-electron chi connectivity index (χ1n) is 9.75. The van der Waals surface area contributed by atoms with Gasteiger partial charge in [-0.25, -0.2) is 9.37 Å². The quantitative estimate of drug-likeness (QED) is 0.760. The van der Waals surface area contributed by atoms with E-state index >= 15 is 0 Å². The molecule has 4 heterocycles. The van der Waals surface area contributed by atoms with Gasteiger partial charge in [-0.3, -0.25) is 4.90 Å². The summed E-state index contributed by atoms with van der Waals surface area (Å²) in [5, 5.41) is 0.0405. The molecule has 29 heavy (non-hydrogen) atoms. The highest BCUT2D eigenvalue weighted by atomic mass is 35.5. The summed E-state index contributed by atoms with van der Waals surface area (Å²) in [5.41, 5.74) is 6.58. The molecule has 10 heteroatoms. The normalized spacial score (nSPS) is 25.0. The predicted molar refractivity (Wildman–Crippen MR) is 109 cm³/mol. The lowest BCUT2D eigenvalue weighted by Crippen LogP contribution is -2.43. The van der Waals surface area contributed by atoms with Gasteiger partial charge in [-0.15, -0.1) is 0 Å². The Balaban J connectivity index is 1.51. The molecule has 4 rings (SSSR count). The van der Waals surface area contributed by atoms with E-state index in [0.717, 1.165) is 24.9 Å². The number of halogens is 2. The van der Waals surface area contributed by atoms with Crippen LogP contribution in [0.2, 0.25) is 5.28 Å². The molecule has 2 aliphatic heterocycles. The second-order valence-corrected chi connectivity index (χ2v) is 8.15. The Bertz CT molecular complexity index is 887. The molecular weight excluding hydrogens is 397 g/mol. The van der Waals surface area contributed by atoms with Crippen molar-refractivity contribution in [3.8, 4) is 6.01 Å². The number of hydrogen-bond donors (Lipinski definition) is 1. The van der Waals surface area contributed by atoms with Gasteiger partial charge in [0, 0.05) is 31.8 Å². The van der Waals surface area contributed by atoms with Crippen LogP contribution in [0, 0.1) is 0 Å². The predicted octanol–water partition coefficient (Wildman–Crippen LogP) is 2.65. The lowest BCUT2D eigenvalue weighted by atomic mass is 9.95. The van der Waals surface area contributed by atoms with Gasteiger partial charge in [0.05, 0.1) is 11.6 Å². The van der Waals surface area contributed by atoms with Gasteiger partial charge in [0.2, 0.25) is 11.2 Å². The first-order chi connectivity index (χ1) is 13.9. The molecule has 2 aromatic heterocycles. The number of nitrogens with two attached hydrogens (primary N) is 1. The molecule has 0 aliphatic carbocycles. The summed E-state index contributed by atoms with van der Waals surface area (Å²) in [5.74, 6) is 0.817. The molecule has 0 spiro atoms. The first-order valence-corrected chi connectivity index (χ1v) is 10.1. The monoisotopic (exact) mass is 421 g/mol. The fourth-order valence-corrected chi connectivity index (χ4v) is 4.50. The molecule has 2 saturated heterocycles. The molecule has 0 bridgehead atoms. The Morgan fingerprint density at radius 3 is 3.07 bits per heavy atom. The summed E-state index contributed by atoms with van der Waals surface area (Å²) in [6, 6.07) is 3.74. The van der Waals surface area contributed by atoms with Crippen molar-refractivity contribution in [1.29, 1.82) is 0 Å². The van der Waals surface area contributed by atoms with E-state index in [1.807, 2.05) is 31.0 Å². The zero-order valence-electron chi connectivity index (χ0n) is 16.6. The van der Waals surface area contributed by atoms with Crippen molar-refractivity contribution < 1.29 is 9.13 Å². The molecule has 0 saturated carbocycles. The maximum absolute atomic E-state index is 14.0. The molecule has 2 aliphatic rings. The average Bonchev–Trinajstić information content (AvgIpc) is 3.21. The van der Waals surface area contributed by atoms with Crippen LogP contribution in [0.25, 0.3) is 0 Å². The Morgan fingerprint density at radius 2 is 2.28 bits per heavy atom. The van der Waals surface area contributed by atoms with E-state index in [0.29, 0.717) is 31.3 Å². The highest BCUT2D eigenvalue weighted by Gasteiger charge is 2.49. The highest BCUT2D eigenvalue weighted by molar-refractivity contribution is 6.28. The van der Waals surface area contributed by atoms with Crippen LogP contribution in [0.4, 0.5) is 16.2 Å². The molecule has 2 fully saturated rings. The lowest BCUT2D eigenvalue weighted by Gasteiger charge is -2.31. The number of anilines is 2. The third kappa shape index (κ3) is 3.93. The number of aromatic nitrogens is 4. The van der Waals surface area contributed by atoms with Crippen molar-refractivity contribution in [2.24, 2.45) is 0 Å². The fraction of sp³-hybridized carbons (Fsp3) is 0.579. The molecule has 0 amide bonds. The van der Waals surface area contributed by atoms with Gasteiger partial charge in [0.25, 0.3) is 0 Å². The van der Waals surface area contributed by atoms with Gasteiger partial charge in [0.15, 0.2) is 0 Å². The smallest absolute Gasteiger partial charge is 0.322 e. The van der Waals surface area contributed by atoms with Gasteiger partial charge in [-0.2, -0.15) is 15.0 Å². The van der Waals surface area contributed by atoms with Gasteiger partial charge in [-0.1, -0.05) is 6.07 Å². The lowest BCUT2D eigenvalue weighted by molar-refractivity contribution is 0.107. The first kappa shape index (κ1) is 20.0. The van der Waals surface area contributed by atoms with Gasteiger partial charge in [0.1, 0.15) is 18.6 Å². The van der Waals surface area contributed by atoms with Gasteiger partial charge >= 0.3 is 6.01 Å². The van der Waals surface area contributed by atoms with Crippen LogP contribution < -0.4 is 15.4 Å². The molecule has 8 nitrogen and oxygen atoms in total. The van der Waals surface area contributed by atoms with Crippen molar-refractivity contribution >= 4 is 23.4 Å². The fourth-order valence-electron chi connectivity index (χ4n) is 4.36. The second kappa shape index (κ2) is 7.87. The Hall–Kier alpha value is -2.26. The van der Waals surface area contributed by atoms with Crippen LogP contribution in [-0.2, 0) is 0 Å². The molecule has 2 N–H and O–H groups in total. The number of hydrogen-bond acceptors (Lipinski definition) is 8. The van der Waals surface area contributed by atoms with Crippen molar-refractivity contribution in [2.75, 3.05) is 37.4 Å². The van der Waals surface area contributed by atoms with Crippen LogP contribution in [0.5, 0.6) is 6.01 Å². The summed E-state index contributed by atoms with van der Waals surface area (Å²) in [7, 11) is 1.84. The zero-order chi connectivity index (χ0) is 20.6. The topological polar surface area (TPSA) is 93.3 Å². The van der Waals surface area contributed by atoms with Crippen LogP contribution in [0.3, 0.4) is 0 Å². The van der Waals surface area contributed by atoms with Gasteiger partial charge in [-0.05, 0) is 44.0 Å². The molecular formula is C19H25ClFN7O. The summed E-state index contributed by atoms with van der Waals surface area (Å²) < 4.78 is 19.9. The molecule has 0 aromatic carbocycles. The maximum Gasteiger partial charge on any atom is 0.322 e. The Kier molecular flexibility index (Phi) is 5.44. The number of pyridine rings is 1. The van der Waals surface area contributed by atoms with E-state index in [-0.39, 0.29) is 22.9 Å². The van der Waals surface area contributed by atoms with E-state index in [2.05, 4.69) is 24.8 Å². The van der Waals surface area contributed by atoms with E-state index in [1.54, 1.807) is 6.20 Å². The second-order valence-electron chi connectivity index (χ2n) is 7.82. The van der Waals surface area contributed by atoms with Crippen molar-refractivity contribution in [3.63, 3.8) is 0 Å². The minimum absolute atomic E-state index is 0.0405. The summed E-state index contributed by atoms with van der Waals surface area (Å²) in [6.45, 7) is 3.68. The van der Waals surface area contributed by atoms with Crippen LogP contribution in [0.1, 0.15) is 37.8 Å². The largest absolute Gasteiger partial charge is 0.461 e. The van der Waals surface area contributed by atoms with Crippen molar-refractivity contribution in [3.05, 3.63) is 29.2 Å². The number of fused-ring (bicyclic) bond motifs is 1. The number of ether oxygens (including phenoxy) is 1. The molecule has 3 atom stereocenters. The van der Waals surface area contributed by atoms with E-state index in [4.69, 9.17) is 22.1 Å². The third-order valence-corrected chi connectivity index (χ3v) is 6.19. The minimum Gasteiger partial charge on any atom is -0.461 e. The minimum atomic E-state index is -0.812. The molecule has 0 radical (unpaired) electrons. The van der Waals surface area contributed by atoms with Crippen LogP contribution in [-0.4, -0.2) is 63.3 Å². The SMILES string of the molecule is CC(c1cccnc1N)N(C)c1nc(Cl)nc(OC[C@@]23CCCN2C[C@H](F)C3)n1. The number of rotatable bonds is 6. The van der Waals surface area contributed by atoms with Crippen molar-refractivity contribution in [2.45, 2.75) is 43.9 Å². The van der Waals surface area contributed by atoms with E-state index in [9.17, 15) is 4.39 Å². The number of nitrogen functional groups attached to an aromatic ring is 1. The summed E-state index contributed by atoms with van der Waals surface area (Å²) >= 11 is 6.13. The van der Waals surface area contributed by atoms with Crippen molar-refractivity contribution in [1.82, 2.24) is 24.8 Å². The molecule has 156 valence electrons. The van der Waals surface area contributed by atoms with Gasteiger partial charge < -0.3 is 15.4 Å². The molecule has 1 unspecified atom stereocenters. The molecule has 2 aromatic rings. The van der Waals surface area contributed by atoms with E-state index in [1.165, 1.54) is 0 Å². The standard InChI is InChI=1S/C19H25ClFN7O/c1-12(14-5-3-7-23-15(14)22)27(2)17-24-16(20)25-18(26-17)29-11-19-6-4-8-28(19)10-13(21)9-19/h3,5,7,12-13H,4,6,8-11H2,1-2H3,(H2,22,23)/t12?,13-,19+/m1/s1. The number of nitrogens with zero attached hydrogens (tertiary/aromatic N) is 6. The summed E-state index contributed by atoms with van der Waals surface area (Å²) in [4.78, 5) is 20.9. The van der Waals surface area contributed by atoms with Crippen LogP contribution in [0.15, 0.2) is 18.3 Å².